The van der Waals surface area contributed by atoms with Gasteiger partial charge in [0.05, 0.1) is 21.8 Å². The summed E-state index contributed by atoms with van der Waals surface area (Å²) in [6.07, 6.45) is -5.78. The molecule has 0 bridgehead atoms. The molecule has 2 rings (SSSR count). The first kappa shape index (κ1) is 19.6. The molecule has 1 amide bonds. The molecule has 9 heteroatoms. The van der Waals surface area contributed by atoms with Crippen LogP contribution >= 0.6 is 11.6 Å². The maximum atomic E-state index is 12.7. The average Bonchev–Trinajstić information content (AvgIpc) is 2.56. The Balaban J connectivity index is 2.03. The van der Waals surface area contributed by atoms with Crippen LogP contribution in [0.15, 0.2) is 42.5 Å². The molecule has 5 nitrogen and oxygen atoms in total. The predicted octanol–water partition coefficient (Wildman–Crippen LogP) is 4.13. The lowest BCUT2D eigenvalue weighted by molar-refractivity contribution is -0.137. The van der Waals surface area contributed by atoms with Gasteiger partial charge in [0.15, 0.2) is 6.10 Å². The SMILES string of the molecule is C[C@H](OC(=O)c1ccc(Cl)c(N)c1)C(=O)Nc1cccc(C(F)(F)F)c1. The third-order valence-corrected chi connectivity index (χ3v) is 3.69. The minimum Gasteiger partial charge on any atom is -0.449 e. The summed E-state index contributed by atoms with van der Waals surface area (Å²) in [5.41, 5.74) is 4.87. The first-order valence-corrected chi connectivity index (χ1v) is 7.70. The molecule has 2 aromatic carbocycles. The normalized spacial score (nSPS) is 12.3. The monoisotopic (exact) mass is 386 g/mol. The molecule has 0 saturated heterocycles. The third-order valence-electron chi connectivity index (χ3n) is 3.34. The van der Waals surface area contributed by atoms with Crippen molar-refractivity contribution in [2.24, 2.45) is 0 Å². The van der Waals surface area contributed by atoms with Gasteiger partial charge in [0.2, 0.25) is 0 Å². The molecule has 0 spiro atoms. The van der Waals surface area contributed by atoms with Crippen LogP contribution in [-0.4, -0.2) is 18.0 Å². The van der Waals surface area contributed by atoms with Gasteiger partial charge >= 0.3 is 12.1 Å². The van der Waals surface area contributed by atoms with Crippen molar-refractivity contribution in [2.45, 2.75) is 19.2 Å². The van der Waals surface area contributed by atoms with E-state index >= 15 is 0 Å². The number of benzene rings is 2. The van der Waals surface area contributed by atoms with Gasteiger partial charge in [-0.1, -0.05) is 17.7 Å². The van der Waals surface area contributed by atoms with Crippen molar-refractivity contribution in [3.8, 4) is 0 Å². The third kappa shape index (κ3) is 4.89. The van der Waals surface area contributed by atoms with Crippen LogP contribution in [0.3, 0.4) is 0 Å². The molecule has 26 heavy (non-hydrogen) atoms. The van der Waals surface area contributed by atoms with E-state index in [1.807, 2.05) is 0 Å². The molecule has 0 aliphatic carbocycles. The van der Waals surface area contributed by atoms with E-state index in [0.717, 1.165) is 18.2 Å². The number of rotatable bonds is 4. The molecule has 0 radical (unpaired) electrons. The summed E-state index contributed by atoms with van der Waals surface area (Å²) in [6, 6.07) is 8.19. The van der Waals surface area contributed by atoms with Gasteiger partial charge in [-0.25, -0.2) is 4.79 Å². The molecule has 0 aliphatic heterocycles. The molecule has 0 unspecified atom stereocenters. The van der Waals surface area contributed by atoms with Crippen molar-refractivity contribution in [2.75, 3.05) is 11.1 Å². The summed E-state index contributed by atoms with van der Waals surface area (Å²) in [6.45, 7) is 1.29. The number of anilines is 2. The lowest BCUT2D eigenvalue weighted by atomic mass is 10.2. The lowest BCUT2D eigenvalue weighted by Crippen LogP contribution is -2.30. The van der Waals surface area contributed by atoms with Crippen molar-refractivity contribution in [1.82, 2.24) is 0 Å². The van der Waals surface area contributed by atoms with E-state index in [4.69, 9.17) is 22.1 Å². The molecule has 0 aliphatic rings. The number of amides is 1. The fourth-order valence-corrected chi connectivity index (χ4v) is 2.09. The summed E-state index contributed by atoms with van der Waals surface area (Å²) in [7, 11) is 0. The highest BCUT2D eigenvalue weighted by Crippen LogP contribution is 2.30. The highest BCUT2D eigenvalue weighted by atomic mass is 35.5. The largest absolute Gasteiger partial charge is 0.449 e. The molecular weight excluding hydrogens is 373 g/mol. The van der Waals surface area contributed by atoms with Crippen LogP contribution < -0.4 is 11.1 Å². The standard InChI is InChI=1S/C17H14ClF3N2O3/c1-9(26-16(25)10-5-6-13(18)14(22)7-10)15(24)23-12-4-2-3-11(8-12)17(19,20)21/h2-9H,22H2,1H3,(H,23,24)/t9-/m0/s1. The maximum absolute atomic E-state index is 12.7. The molecule has 0 heterocycles. The minimum absolute atomic E-state index is 0.0662. The number of nitrogens with one attached hydrogen (secondary N) is 1. The predicted molar refractivity (Wildman–Crippen MR) is 90.8 cm³/mol. The molecule has 0 aromatic heterocycles. The molecule has 3 N–H and O–H groups in total. The van der Waals surface area contributed by atoms with E-state index in [1.54, 1.807) is 0 Å². The lowest BCUT2D eigenvalue weighted by Gasteiger charge is -2.15. The van der Waals surface area contributed by atoms with Gasteiger partial charge in [0, 0.05) is 5.69 Å². The zero-order valence-electron chi connectivity index (χ0n) is 13.4. The second-order valence-corrected chi connectivity index (χ2v) is 5.76. The van der Waals surface area contributed by atoms with Gasteiger partial charge in [0.1, 0.15) is 0 Å². The fraction of sp³-hybridized carbons (Fsp3) is 0.176. The number of esters is 1. The fourth-order valence-electron chi connectivity index (χ4n) is 1.97. The molecule has 138 valence electrons. The Kier molecular flexibility index (Phi) is 5.76. The van der Waals surface area contributed by atoms with Crippen LogP contribution in [0.5, 0.6) is 0 Å². The van der Waals surface area contributed by atoms with Crippen molar-refractivity contribution in [3.05, 3.63) is 58.6 Å². The molecule has 0 fully saturated rings. The van der Waals surface area contributed by atoms with E-state index in [1.165, 1.54) is 31.2 Å². The smallest absolute Gasteiger partial charge is 0.416 e. The summed E-state index contributed by atoms with van der Waals surface area (Å²) in [5, 5.41) is 2.53. The van der Waals surface area contributed by atoms with Crippen molar-refractivity contribution in [1.29, 1.82) is 0 Å². The number of halogens is 4. The number of nitrogens with two attached hydrogens (primary N) is 1. The number of carbonyl (C=O) groups is 2. The van der Waals surface area contributed by atoms with Crippen molar-refractivity contribution in [3.63, 3.8) is 0 Å². The van der Waals surface area contributed by atoms with Gasteiger partial charge in [-0.15, -0.1) is 0 Å². The summed E-state index contributed by atoms with van der Waals surface area (Å²) < 4.78 is 43.0. The topological polar surface area (TPSA) is 81.4 Å². The van der Waals surface area contributed by atoms with Crippen molar-refractivity contribution >= 4 is 34.9 Å². The van der Waals surface area contributed by atoms with E-state index in [9.17, 15) is 22.8 Å². The Morgan fingerprint density at radius 3 is 2.50 bits per heavy atom. The number of hydrogen-bond donors (Lipinski definition) is 2. The molecule has 2 aromatic rings. The van der Waals surface area contributed by atoms with E-state index in [2.05, 4.69) is 5.32 Å². The highest BCUT2D eigenvalue weighted by molar-refractivity contribution is 6.33. The maximum Gasteiger partial charge on any atom is 0.416 e. The number of hydrogen-bond acceptors (Lipinski definition) is 4. The Morgan fingerprint density at radius 2 is 1.88 bits per heavy atom. The molecule has 0 saturated carbocycles. The van der Waals surface area contributed by atoms with Crippen LogP contribution in [0.4, 0.5) is 24.5 Å². The van der Waals surface area contributed by atoms with Gasteiger partial charge in [0.25, 0.3) is 5.91 Å². The zero-order chi connectivity index (χ0) is 19.5. The van der Waals surface area contributed by atoms with Crippen LogP contribution in [0.1, 0.15) is 22.8 Å². The Morgan fingerprint density at radius 1 is 1.19 bits per heavy atom. The van der Waals surface area contributed by atoms with Gasteiger partial charge in [-0.2, -0.15) is 13.2 Å². The second kappa shape index (κ2) is 7.65. The Labute approximate surface area is 151 Å². The van der Waals surface area contributed by atoms with Crippen LogP contribution in [0, 0.1) is 0 Å². The van der Waals surface area contributed by atoms with Crippen molar-refractivity contribution < 1.29 is 27.5 Å². The Bertz CT molecular complexity index is 840. The van der Waals surface area contributed by atoms with Crippen LogP contribution in [0.2, 0.25) is 5.02 Å². The van der Waals surface area contributed by atoms with Gasteiger partial charge < -0.3 is 15.8 Å². The van der Waals surface area contributed by atoms with E-state index in [0.29, 0.717) is 0 Å². The summed E-state index contributed by atoms with van der Waals surface area (Å²) in [4.78, 5) is 24.1. The number of ether oxygens (including phenoxy) is 1. The zero-order valence-corrected chi connectivity index (χ0v) is 14.2. The first-order chi connectivity index (χ1) is 12.1. The summed E-state index contributed by atoms with van der Waals surface area (Å²) in [5.74, 6) is -1.60. The van der Waals surface area contributed by atoms with Crippen LogP contribution in [0.25, 0.3) is 0 Å². The van der Waals surface area contributed by atoms with E-state index < -0.39 is 29.7 Å². The van der Waals surface area contributed by atoms with Crippen LogP contribution in [-0.2, 0) is 15.7 Å². The Hall–Kier alpha value is -2.74. The quantitative estimate of drug-likeness (QED) is 0.611. The molecule has 1 atom stereocenters. The van der Waals surface area contributed by atoms with Gasteiger partial charge in [-0.3, -0.25) is 4.79 Å². The summed E-state index contributed by atoms with van der Waals surface area (Å²) >= 11 is 5.76. The highest BCUT2D eigenvalue weighted by Gasteiger charge is 2.30. The number of nitrogen functional groups attached to an aromatic ring is 1. The number of alkyl halides is 3. The number of carbonyl (C=O) groups excluding carboxylic acids is 2. The average molecular weight is 387 g/mol. The molecular formula is C17H14ClF3N2O3. The van der Waals surface area contributed by atoms with E-state index in [-0.39, 0.29) is 22.0 Å². The minimum atomic E-state index is -4.53. The first-order valence-electron chi connectivity index (χ1n) is 7.32. The van der Waals surface area contributed by atoms with Gasteiger partial charge in [-0.05, 0) is 43.3 Å². The second-order valence-electron chi connectivity index (χ2n) is 5.35.